The molecule has 0 unspecified atom stereocenters. The summed E-state index contributed by atoms with van der Waals surface area (Å²) in [5.74, 6) is 0.325. The number of hydrogen-bond acceptors (Lipinski definition) is 6. The van der Waals surface area contributed by atoms with Gasteiger partial charge in [0.2, 0.25) is 5.91 Å². The molecule has 0 spiro atoms. The fraction of sp³-hybridized carbons (Fsp3) is 0.333. The van der Waals surface area contributed by atoms with Gasteiger partial charge in [-0.3, -0.25) is 4.79 Å². The number of aldehydes is 1. The Labute approximate surface area is 159 Å². The largest absolute Gasteiger partial charge is 0.441 e. The molecule has 0 aliphatic heterocycles. The molecule has 6 nitrogen and oxygen atoms in total. The van der Waals surface area contributed by atoms with Crippen LogP contribution in [-0.4, -0.2) is 21.6 Å². The third-order valence-electron chi connectivity index (χ3n) is 3.83. The first-order chi connectivity index (χ1) is 12.3. The molecule has 1 aromatic carbocycles. The zero-order chi connectivity index (χ0) is 18.9. The third-order valence-corrected chi connectivity index (χ3v) is 5.26. The van der Waals surface area contributed by atoms with E-state index in [1.165, 1.54) is 0 Å². The lowest BCUT2D eigenvalue weighted by molar-refractivity contribution is -0.116. The Morgan fingerprint density at radius 3 is 2.85 bits per heavy atom. The van der Waals surface area contributed by atoms with E-state index in [0.717, 1.165) is 23.4 Å². The van der Waals surface area contributed by atoms with Gasteiger partial charge in [0.1, 0.15) is 16.8 Å². The molecule has 0 bridgehead atoms. The minimum atomic E-state index is -0.532. The topological polar surface area (TPSA) is 85.1 Å². The predicted octanol–water partition coefficient (Wildman–Crippen LogP) is 4.19. The summed E-state index contributed by atoms with van der Waals surface area (Å²) in [6.45, 7) is 5.45. The minimum absolute atomic E-state index is 0.180. The normalized spacial score (nSPS) is 11.7. The Morgan fingerprint density at radius 1 is 1.42 bits per heavy atom. The van der Waals surface area contributed by atoms with Crippen molar-refractivity contribution < 1.29 is 14.0 Å². The van der Waals surface area contributed by atoms with Crippen LogP contribution in [0.4, 0.5) is 5.00 Å². The summed E-state index contributed by atoms with van der Waals surface area (Å²) in [5.41, 5.74) is 2.27. The van der Waals surface area contributed by atoms with E-state index < -0.39 is 5.41 Å². The Hall–Kier alpha value is -2.25. The number of hydrogen-bond donors (Lipinski definition) is 1. The van der Waals surface area contributed by atoms with Crippen LogP contribution in [0.2, 0.25) is 5.02 Å². The molecule has 0 aliphatic rings. The Morgan fingerprint density at radius 2 is 2.19 bits per heavy atom. The van der Waals surface area contributed by atoms with E-state index in [9.17, 15) is 9.59 Å². The molecule has 26 heavy (non-hydrogen) atoms. The Bertz CT molecular complexity index is 977. The summed E-state index contributed by atoms with van der Waals surface area (Å²) in [4.78, 5) is 27.7. The zero-order valence-electron chi connectivity index (χ0n) is 14.6. The molecule has 136 valence electrons. The maximum atomic E-state index is 12.2. The first kappa shape index (κ1) is 18.5. The molecule has 0 radical (unpaired) electrons. The fourth-order valence-corrected chi connectivity index (χ4v) is 3.38. The van der Waals surface area contributed by atoms with Crippen LogP contribution in [-0.2, 0) is 22.4 Å². The van der Waals surface area contributed by atoms with E-state index in [-0.39, 0.29) is 12.3 Å². The molecule has 1 amide bonds. The van der Waals surface area contributed by atoms with Gasteiger partial charge in [0.05, 0.1) is 17.1 Å². The molecule has 0 atom stereocenters. The number of anilines is 1. The van der Waals surface area contributed by atoms with Gasteiger partial charge < -0.3 is 14.5 Å². The van der Waals surface area contributed by atoms with Crippen LogP contribution in [0, 0.1) is 12.3 Å². The highest BCUT2D eigenvalue weighted by Crippen LogP contribution is 2.29. The van der Waals surface area contributed by atoms with Gasteiger partial charge in [-0.2, -0.15) is 4.37 Å². The number of rotatable bonds is 6. The van der Waals surface area contributed by atoms with E-state index >= 15 is 0 Å². The minimum Gasteiger partial charge on any atom is -0.441 e. The van der Waals surface area contributed by atoms with Gasteiger partial charge in [0, 0.05) is 11.8 Å². The van der Waals surface area contributed by atoms with Crippen molar-refractivity contribution in [2.45, 2.75) is 33.6 Å². The number of aromatic nitrogens is 2. The number of halogens is 1. The van der Waals surface area contributed by atoms with E-state index in [0.29, 0.717) is 39.1 Å². The van der Waals surface area contributed by atoms with E-state index in [1.54, 1.807) is 13.0 Å². The molecule has 1 N–H and O–H groups in total. The number of fused-ring (bicyclic) bond motifs is 1. The number of nitrogens with zero attached hydrogens (tertiary/aromatic N) is 2. The summed E-state index contributed by atoms with van der Waals surface area (Å²) < 4.78 is 9.79. The average molecular weight is 392 g/mol. The molecule has 0 saturated carbocycles. The van der Waals surface area contributed by atoms with Crippen LogP contribution in [0.25, 0.3) is 11.1 Å². The lowest BCUT2D eigenvalue weighted by Gasteiger charge is -2.12. The van der Waals surface area contributed by atoms with Crippen molar-refractivity contribution in [1.82, 2.24) is 9.36 Å². The molecule has 0 aliphatic carbocycles. The summed E-state index contributed by atoms with van der Waals surface area (Å²) in [5, 5.41) is 3.80. The van der Waals surface area contributed by atoms with Gasteiger partial charge in [-0.25, -0.2) is 4.98 Å². The standard InChI is InChI=1S/C18H18ClN3O3S/c1-10-16(19)17(26-22-10)21-14(24)7-11-4-5-13-12(6-11)20-15(25-13)8-18(2,3)9-23/h4-6,9H,7-8H2,1-3H3,(H,21,24). The van der Waals surface area contributed by atoms with E-state index in [4.69, 9.17) is 16.0 Å². The second-order valence-corrected chi connectivity index (χ2v) is 7.98. The summed E-state index contributed by atoms with van der Waals surface area (Å²) in [7, 11) is 0. The SMILES string of the molecule is Cc1nsc(NC(=O)Cc2ccc3oc(CC(C)(C)C=O)nc3c2)c1Cl. The van der Waals surface area contributed by atoms with Crippen molar-refractivity contribution in [3.05, 3.63) is 40.4 Å². The summed E-state index contributed by atoms with van der Waals surface area (Å²) in [6, 6.07) is 5.42. The smallest absolute Gasteiger partial charge is 0.229 e. The Kier molecular flexibility index (Phi) is 5.11. The summed E-state index contributed by atoms with van der Waals surface area (Å²) >= 11 is 7.25. The molecule has 0 fully saturated rings. The van der Waals surface area contributed by atoms with Crippen LogP contribution in [0.3, 0.4) is 0 Å². The number of carbonyl (C=O) groups excluding carboxylic acids is 2. The van der Waals surface area contributed by atoms with E-state index in [1.807, 2.05) is 26.0 Å². The van der Waals surface area contributed by atoms with Gasteiger partial charge >= 0.3 is 0 Å². The van der Waals surface area contributed by atoms with Crippen molar-refractivity contribution in [3.63, 3.8) is 0 Å². The summed E-state index contributed by atoms with van der Waals surface area (Å²) in [6.07, 6.45) is 1.50. The van der Waals surface area contributed by atoms with Crippen molar-refractivity contribution in [2.24, 2.45) is 5.41 Å². The van der Waals surface area contributed by atoms with Crippen molar-refractivity contribution in [3.8, 4) is 0 Å². The lowest BCUT2D eigenvalue weighted by Crippen LogP contribution is -2.16. The zero-order valence-corrected chi connectivity index (χ0v) is 16.2. The van der Waals surface area contributed by atoms with Gasteiger partial charge in [0.25, 0.3) is 0 Å². The van der Waals surface area contributed by atoms with Crippen molar-refractivity contribution in [2.75, 3.05) is 5.32 Å². The van der Waals surface area contributed by atoms with Gasteiger partial charge in [-0.05, 0) is 36.2 Å². The predicted molar refractivity (Wildman–Crippen MR) is 102 cm³/mol. The van der Waals surface area contributed by atoms with Gasteiger partial charge in [-0.15, -0.1) is 0 Å². The second-order valence-electron chi connectivity index (χ2n) is 6.83. The van der Waals surface area contributed by atoms with Crippen molar-refractivity contribution in [1.29, 1.82) is 0 Å². The molecule has 0 saturated heterocycles. The van der Waals surface area contributed by atoms with Crippen molar-refractivity contribution >= 4 is 51.4 Å². The fourth-order valence-electron chi connectivity index (χ4n) is 2.43. The first-order valence-electron chi connectivity index (χ1n) is 8.04. The van der Waals surface area contributed by atoms with Crippen LogP contribution in [0.1, 0.15) is 31.0 Å². The number of oxazole rings is 1. The highest BCUT2D eigenvalue weighted by molar-refractivity contribution is 7.11. The number of nitrogens with one attached hydrogen (secondary N) is 1. The van der Waals surface area contributed by atoms with Crippen LogP contribution in [0.5, 0.6) is 0 Å². The molecular formula is C18H18ClN3O3S. The van der Waals surface area contributed by atoms with Gasteiger partial charge in [0.15, 0.2) is 11.5 Å². The maximum Gasteiger partial charge on any atom is 0.229 e. The average Bonchev–Trinajstić information content (AvgIpc) is 3.11. The second kappa shape index (κ2) is 7.17. The molecule has 8 heteroatoms. The van der Waals surface area contributed by atoms with Gasteiger partial charge in [-0.1, -0.05) is 31.5 Å². The molecule has 2 aromatic heterocycles. The molecule has 3 aromatic rings. The number of benzene rings is 1. The third kappa shape index (κ3) is 4.11. The van der Waals surface area contributed by atoms with Crippen LogP contribution >= 0.6 is 23.1 Å². The number of aryl methyl sites for hydroxylation is 1. The molecular weight excluding hydrogens is 374 g/mol. The van der Waals surface area contributed by atoms with Crippen LogP contribution in [0.15, 0.2) is 22.6 Å². The Balaban J connectivity index is 1.73. The highest BCUT2D eigenvalue weighted by atomic mass is 35.5. The van der Waals surface area contributed by atoms with Crippen LogP contribution < -0.4 is 5.32 Å². The lowest BCUT2D eigenvalue weighted by atomic mass is 9.91. The quantitative estimate of drug-likeness (QED) is 0.636. The number of amides is 1. The first-order valence-corrected chi connectivity index (χ1v) is 9.19. The number of carbonyl (C=O) groups is 2. The molecule has 2 heterocycles. The molecule has 3 rings (SSSR count). The van der Waals surface area contributed by atoms with E-state index in [2.05, 4.69) is 14.7 Å². The monoisotopic (exact) mass is 391 g/mol. The maximum absolute atomic E-state index is 12.2. The highest BCUT2D eigenvalue weighted by Gasteiger charge is 2.21.